The molecule has 0 spiro atoms. The smallest absolute Gasteiger partial charge is 0.258 e. The van der Waals surface area contributed by atoms with Crippen molar-refractivity contribution < 1.29 is 14.3 Å². The molecule has 2 rings (SSSR count). The van der Waals surface area contributed by atoms with E-state index in [4.69, 9.17) is 4.74 Å². The summed E-state index contributed by atoms with van der Waals surface area (Å²) < 4.78 is 5.38. The van der Waals surface area contributed by atoms with Crippen LogP contribution in [0, 0.1) is 0 Å². The second kappa shape index (κ2) is 7.98. The number of hydrogen-bond acceptors (Lipinski definition) is 4. The first-order valence-corrected chi connectivity index (χ1v) is 7.30. The van der Waals surface area contributed by atoms with Gasteiger partial charge in [0.1, 0.15) is 5.75 Å². The lowest BCUT2D eigenvalue weighted by Crippen LogP contribution is -2.28. The number of aldehydes is 1. The Bertz CT molecular complexity index is 666. The summed E-state index contributed by atoms with van der Waals surface area (Å²) in [6.07, 6.45) is 0.708. The zero-order valence-corrected chi connectivity index (χ0v) is 13.3. The van der Waals surface area contributed by atoms with Gasteiger partial charge in [-0.2, -0.15) is 0 Å². The summed E-state index contributed by atoms with van der Waals surface area (Å²) in [6, 6.07) is 14.7. The number of amides is 1. The van der Waals surface area contributed by atoms with Gasteiger partial charge in [-0.1, -0.05) is 24.3 Å². The third-order valence-electron chi connectivity index (χ3n) is 3.35. The van der Waals surface area contributed by atoms with E-state index in [2.05, 4.69) is 5.32 Å². The molecule has 0 aromatic heterocycles. The van der Waals surface area contributed by atoms with E-state index in [0.29, 0.717) is 24.1 Å². The molecule has 0 atom stereocenters. The Hall–Kier alpha value is -2.82. The molecule has 5 nitrogen and oxygen atoms in total. The Labute approximate surface area is 135 Å². The van der Waals surface area contributed by atoms with Gasteiger partial charge in [0.25, 0.3) is 5.91 Å². The van der Waals surface area contributed by atoms with Crippen molar-refractivity contribution in [1.82, 2.24) is 5.32 Å². The van der Waals surface area contributed by atoms with Crippen molar-refractivity contribution in [2.45, 2.75) is 6.54 Å². The molecule has 0 unspecified atom stereocenters. The molecule has 5 heteroatoms. The molecule has 2 aromatic rings. The van der Waals surface area contributed by atoms with Gasteiger partial charge in [-0.3, -0.25) is 9.59 Å². The number of nitrogens with zero attached hydrogens (tertiary/aromatic N) is 1. The molecule has 0 heterocycles. The quantitative estimate of drug-likeness (QED) is 0.797. The van der Waals surface area contributed by atoms with E-state index >= 15 is 0 Å². The van der Waals surface area contributed by atoms with Crippen LogP contribution in [0.2, 0.25) is 0 Å². The highest BCUT2D eigenvalue weighted by atomic mass is 16.5. The monoisotopic (exact) mass is 312 g/mol. The van der Waals surface area contributed by atoms with Gasteiger partial charge in [-0.05, 0) is 29.8 Å². The minimum Gasteiger partial charge on any atom is -0.483 e. The summed E-state index contributed by atoms with van der Waals surface area (Å²) in [5.41, 5.74) is 2.55. The highest BCUT2D eigenvalue weighted by molar-refractivity contribution is 5.80. The molecular formula is C18H20N2O3. The lowest BCUT2D eigenvalue weighted by molar-refractivity contribution is -0.123. The minimum atomic E-state index is -0.234. The number of ether oxygens (including phenoxy) is 1. The zero-order chi connectivity index (χ0) is 16.7. The predicted molar refractivity (Wildman–Crippen MR) is 89.9 cm³/mol. The molecule has 0 aliphatic carbocycles. The van der Waals surface area contributed by atoms with Gasteiger partial charge in [0, 0.05) is 26.3 Å². The maximum Gasteiger partial charge on any atom is 0.258 e. The van der Waals surface area contributed by atoms with Crippen LogP contribution < -0.4 is 15.0 Å². The van der Waals surface area contributed by atoms with Crippen molar-refractivity contribution >= 4 is 17.9 Å². The molecular weight excluding hydrogens is 292 g/mol. The van der Waals surface area contributed by atoms with Crippen LogP contribution in [0.3, 0.4) is 0 Å². The Morgan fingerprint density at radius 3 is 2.48 bits per heavy atom. The highest BCUT2D eigenvalue weighted by Crippen LogP contribution is 2.15. The number of rotatable bonds is 7. The molecule has 2 aromatic carbocycles. The standard InChI is InChI=1S/C18H20N2O3/c1-20(2)16-9-7-14(8-10-16)11-19-18(22)13-23-17-6-4-3-5-15(17)12-21/h3-10,12H,11,13H2,1-2H3,(H,19,22). The number of hydrogen-bond donors (Lipinski definition) is 1. The van der Waals surface area contributed by atoms with E-state index in [0.717, 1.165) is 11.3 Å². The largest absolute Gasteiger partial charge is 0.483 e. The summed E-state index contributed by atoms with van der Waals surface area (Å²) in [4.78, 5) is 24.7. The van der Waals surface area contributed by atoms with Crippen LogP contribution in [-0.4, -0.2) is 32.9 Å². The number of nitrogens with one attached hydrogen (secondary N) is 1. The third-order valence-corrected chi connectivity index (χ3v) is 3.35. The molecule has 0 bridgehead atoms. The molecule has 1 amide bonds. The van der Waals surface area contributed by atoms with Gasteiger partial charge in [-0.15, -0.1) is 0 Å². The van der Waals surface area contributed by atoms with E-state index < -0.39 is 0 Å². The van der Waals surface area contributed by atoms with Crippen molar-refractivity contribution in [2.24, 2.45) is 0 Å². The molecule has 0 aliphatic rings. The van der Waals surface area contributed by atoms with Crippen LogP contribution in [0.15, 0.2) is 48.5 Å². The molecule has 0 radical (unpaired) electrons. The van der Waals surface area contributed by atoms with E-state index in [1.54, 1.807) is 24.3 Å². The van der Waals surface area contributed by atoms with E-state index in [1.165, 1.54) is 0 Å². The zero-order valence-electron chi connectivity index (χ0n) is 13.3. The first-order valence-electron chi connectivity index (χ1n) is 7.30. The Morgan fingerprint density at radius 1 is 1.13 bits per heavy atom. The van der Waals surface area contributed by atoms with Crippen molar-refractivity contribution in [3.8, 4) is 5.75 Å². The third kappa shape index (κ3) is 4.85. The van der Waals surface area contributed by atoms with Crippen molar-refractivity contribution in [3.05, 3.63) is 59.7 Å². The topological polar surface area (TPSA) is 58.6 Å². The summed E-state index contributed by atoms with van der Waals surface area (Å²) in [5.74, 6) is 0.176. The first kappa shape index (κ1) is 16.5. The summed E-state index contributed by atoms with van der Waals surface area (Å²) >= 11 is 0. The number of benzene rings is 2. The average Bonchev–Trinajstić information content (AvgIpc) is 2.58. The molecule has 0 saturated heterocycles. The predicted octanol–water partition coefficient (Wildman–Crippen LogP) is 2.26. The maximum absolute atomic E-state index is 11.8. The highest BCUT2D eigenvalue weighted by Gasteiger charge is 2.06. The van der Waals surface area contributed by atoms with Gasteiger partial charge in [-0.25, -0.2) is 0 Å². The average molecular weight is 312 g/mol. The molecule has 0 saturated carbocycles. The lowest BCUT2D eigenvalue weighted by atomic mass is 10.2. The number of anilines is 1. The Kier molecular flexibility index (Phi) is 5.74. The molecule has 0 aliphatic heterocycles. The lowest BCUT2D eigenvalue weighted by Gasteiger charge is -2.13. The van der Waals surface area contributed by atoms with Crippen molar-refractivity contribution in [1.29, 1.82) is 0 Å². The SMILES string of the molecule is CN(C)c1ccc(CNC(=O)COc2ccccc2C=O)cc1. The van der Waals surface area contributed by atoms with Crippen LogP contribution in [0.4, 0.5) is 5.69 Å². The van der Waals surface area contributed by atoms with E-state index in [9.17, 15) is 9.59 Å². The fourth-order valence-corrected chi connectivity index (χ4v) is 2.02. The molecule has 1 N–H and O–H groups in total. The Balaban J connectivity index is 1.82. The number of carbonyl (C=O) groups is 2. The summed E-state index contributed by atoms with van der Waals surface area (Å²) in [6.45, 7) is 0.311. The van der Waals surface area contributed by atoms with Crippen LogP contribution in [0.5, 0.6) is 5.75 Å². The Morgan fingerprint density at radius 2 is 1.83 bits per heavy atom. The molecule has 120 valence electrons. The second-order valence-electron chi connectivity index (χ2n) is 5.28. The normalized spacial score (nSPS) is 10.0. The van der Waals surface area contributed by atoms with E-state index in [1.807, 2.05) is 43.3 Å². The van der Waals surface area contributed by atoms with Crippen LogP contribution in [0.1, 0.15) is 15.9 Å². The van der Waals surface area contributed by atoms with Crippen molar-refractivity contribution in [3.63, 3.8) is 0 Å². The number of carbonyl (C=O) groups excluding carboxylic acids is 2. The van der Waals surface area contributed by atoms with Crippen LogP contribution in [0.25, 0.3) is 0 Å². The first-order chi connectivity index (χ1) is 11.1. The second-order valence-corrected chi connectivity index (χ2v) is 5.28. The van der Waals surface area contributed by atoms with Gasteiger partial charge in [0.05, 0.1) is 5.56 Å². The molecule has 0 fully saturated rings. The van der Waals surface area contributed by atoms with E-state index in [-0.39, 0.29) is 12.5 Å². The van der Waals surface area contributed by atoms with Gasteiger partial charge < -0.3 is 15.0 Å². The van der Waals surface area contributed by atoms with Crippen LogP contribution >= 0.6 is 0 Å². The van der Waals surface area contributed by atoms with Crippen molar-refractivity contribution in [2.75, 3.05) is 25.6 Å². The maximum atomic E-state index is 11.8. The van der Waals surface area contributed by atoms with Gasteiger partial charge in [0.15, 0.2) is 12.9 Å². The summed E-state index contributed by atoms with van der Waals surface area (Å²) in [7, 11) is 3.95. The fourth-order valence-electron chi connectivity index (χ4n) is 2.02. The fraction of sp³-hybridized carbons (Fsp3) is 0.222. The minimum absolute atomic E-state index is 0.124. The van der Waals surface area contributed by atoms with Gasteiger partial charge in [0.2, 0.25) is 0 Å². The summed E-state index contributed by atoms with van der Waals surface area (Å²) in [5, 5.41) is 2.79. The van der Waals surface area contributed by atoms with Crippen LogP contribution in [-0.2, 0) is 11.3 Å². The number of para-hydroxylation sites is 1. The van der Waals surface area contributed by atoms with Gasteiger partial charge >= 0.3 is 0 Å². The molecule has 23 heavy (non-hydrogen) atoms.